The van der Waals surface area contributed by atoms with E-state index < -0.39 is 11.9 Å². The lowest BCUT2D eigenvalue weighted by molar-refractivity contribution is -0.133. The van der Waals surface area contributed by atoms with Crippen molar-refractivity contribution in [2.45, 2.75) is 13.8 Å². The maximum absolute atomic E-state index is 11.8. The maximum atomic E-state index is 11.8. The topological polar surface area (TPSA) is 52.6 Å². The monoisotopic (exact) mass is 372 g/mol. The Morgan fingerprint density at radius 1 is 0.857 bits per heavy atom. The summed E-state index contributed by atoms with van der Waals surface area (Å²) in [5, 5.41) is 0. The minimum Gasteiger partial charge on any atom is -0.431 e. The predicted octanol–water partition coefficient (Wildman–Crippen LogP) is 5.30. The van der Waals surface area contributed by atoms with E-state index in [0.29, 0.717) is 16.9 Å². The van der Waals surface area contributed by atoms with E-state index >= 15 is 0 Å². The van der Waals surface area contributed by atoms with Gasteiger partial charge in [-0.25, -0.2) is 9.59 Å². The summed E-state index contributed by atoms with van der Waals surface area (Å²) in [6.07, 6.45) is 3.05. The van der Waals surface area contributed by atoms with Gasteiger partial charge in [-0.05, 0) is 71.5 Å². The van der Waals surface area contributed by atoms with Crippen LogP contribution >= 0.6 is 0 Å². The summed E-state index contributed by atoms with van der Waals surface area (Å²) in [5.41, 5.74) is 6.36. The molecule has 0 aromatic heterocycles. The fraction of sp³-hybridized carbons (Fsp3) is 0.0833. The molecule has 140 valence electrons. The van der Waals surface area contributed by atoms with E-state index in [2.05, 4.69) is 19.7 Å². The van der Waals surface area contributed by atoms with Crippen molar-refractivity contribution in [1.82, 2.24) is 0 Å². The molecule has 0 spiro atoms. The highest BCUT2D eigenvalue weighted by Gasteiger charge is 2.23. The lowest BCUT2D eigenvalue weighted by atomic mass is 10.0. The molecule has 0 N–H and O–H groups in total. The van der Waals surface area contributed by atoms with Gasteiger partial charge in [0.15, 0.2) is 0 Å². The lowest BCUT2D eigenvalue weighted by Crippen LogP contribution is -2.08. The van der Waals surface area contributed by atoms with Gasteiger partial charge in [-0.1, -0.05) is 37.9 Å². The molecule has 0 bridgehead atoms. The molecule has 4 nitrogen and oxygen atoms in total. The summed E-state index contributed by atoms with van der Waals surface area (Å²) in [4.78, 5) is 23.2. The van der Waals surface area contributed by atoms with Crippen LogP contribution in [0.5, 0.6) is 5.75 Å². The number of hydrogen-bond acceptors (Lipinski definition) is 4. The van der Waals surface area contributed by atoms with Crippen LogP contribution in [0.3, 0.4) is 0 Å². The van der Waals surface area contributed by atoms with Crippen molar-refractivity contribution in [2.75, 3.05) is 0 Å². The molecule has 0 amide bonds. The second-order valence-electron chi connectivity index (χ2n) is 6.65. The molecule has 0 unspecified atom stereocenters. The van der Waals surface area contributed by atoms with Crippen LogP contribution in [-0.4, -0.2) is 11.9 Å². The summed E-state index contributed by atoms with van der Waals surface area (Å²) < 4.78 is 10.3. The van der Waals surface area contributed by atoms with Gasteiger partial charge in [0.1, 0.15) is 5.75 Å². The number of hydrogen-bond donors (Lipinski definition) is 0. The number of ether oxygens (including phenoxy) is 2. The van der Waals surface area contributed by atoms with Gasteiger partial charge in [0, 0.05) is 11.1 Å². The molecule has 2 aromatic carbocycles. The molecule has 2 aromatic rings. The molecular formula is C24H20O4. The minimum atomic E-state index is -0.467. The highest BCUT2D eigenvalue weighted by atomic mass is 16.5. The highest BCUT2D eigenvalue weighted by Crippen LogP contribution is 2.45. The second kappa shape index (κ2) is 7.53. The van der Waals surface area contributed by atoms with Gasteiger partial charge in [-0.2, -0.15) is 0 Å². The van der Waals surface area contributed by atoms with Gasteiger partial charge in [0.25, 0.3) is 0 Å². The zero-order chi connectivity index (χ0) is 20.4. The summed E-state index contributed by atoms with van der Waals surface area (Å²) in [7, 11) is 0. The molecule has 0 saturated carbocycles. The summed E-state index contributed by atoms with van der Waals surface area (Å²) in [5.74, 6) is -0.476. The maximum Gasteiger partial charge on any atom is 0.338 e. The Labute approximate surface area is 164 Å². The molecule has 1 aliphatic carbocycles. The Morgan fingerprint density at radius 3 is 2.11 bits per heavy atom. The Morgan fingerprint density at radius 2 is 1.46 bits per heavy atom. The van der Waals surface area contributed by atoms with Gasteiger partial charge in [0.05, 0.1) is 6.26 Å². The Bertz CT molecular complexity index is 1070. The van der Waals surface area contributed by atoms with Crippen LogP contribution in [0.4, 0.5) is 0 Å². The van der Waals surface area contributed by atoms with E-state index in [4.69, 9.17) is 9.47 Å². The number of benzene rings is 2. The largest absolute Gasteiger partial charge is 0.431 e. The predicted molar refractivity (Wildman–Crippen MR) is 110 cm³/mol. The van der Waals surface area contributed by atoms with Crippen molar-refractivity contribution in [3.8, 4) is 16.9 Å². The first kappa shape index (κ1) is 19.1. The van der Waals surface area contributed by atoms with Crippen LogP contribution in [0.1, 0.15) is 30.5 Å². The van der Waals surface area contributed by atoms with Gasteiger partial charge >= 0.3 is 11.9 Å². The van der Waals surface area contributed by atoms with Crippen LogP contribution in [0.15, 0.2) is 73.5 Å². The number of carbonyl (C=O) groups is 2. The van der Waals surface area contributed by atoms with Crippen LogP contribution in [-0.2, 0) is 14.3 Å². The first-order valence-electron chi connectivity index (χ1n) is 8.67. The normalized spacial score (nSPS) is 11.7. The van der Waals surface area contributed by atoms with Crippen LogP contribution in [0, 0.1) is 0 Å². The smallest absolute Gasteiger partial charge is 0.338 e. The average Bonchev–Trinajstić information content (AvgIpc) is 2.93. The summed E-state index contributed by atoms with van der Waals surface area (Å²) in [6, 6.07) is 11.4. The van der Waals surface area contributed by atoms with Gasteiger partial charge in [0.2, 0.25) is 0 Å². The fourth-order valence-electron chi connectivity index (χ4n) is 2.84. The number of esters is 2. The minimum absolute atomic E-state index is 0.339. The van der Waals surface area contributed by atoms with E-state index in [-0.39, 0.29) is 0 Å². The molecule has 28 heavy (non-hydrogen) atoms. The fourth-order valence-corrected chi connectivity index (χ4v) is 2.84. The van der Waals surface area contributed by atoms with Crippen molar-refractivity contribution >= 4 is 23.6 Å². The van der Waals surface area contributed by atoms with Gasteiger partial charge in [-0.15, -0.1) is 0 Å². The third kappa shape index (κ3) is 3.71. The molecule has 3 rings (SSSR count). The third-order valence-electron chi connectivity index (χ3n) is 4.32. The molecule has 0 heterocycles. The molecule has 0 aliphatic heterocycles. The van der Waals surface area contributed by atoms with Crippen molar-refractivity contribution in [3.63, 3.8) is 0 Å². The number of carbonyl (C=O) groups excluding carboxylic acids is 2. The third-order valence-corrected chi connectivity index (χ3v) is 4.32. The molecular weight excluding hydrogens is 352 g/mol. The first-order chi connectivity index (χ1) is 13.3. The zero-order valence-electron chi connectivity index (χ0n) is 15.9. The summed E-state index contributed by atoms with van der Waals surface area (Å²) >= 11 is 0. The standard InChI is InChI=1S/C24H20O4/c1-14(2)23(25)27-11-10-17-6-8-19-20-9-7-18(28-24(26)15(3)4)13-22(20)16(5)21(19)12-17/h6-13H,1,3,5H2,2,4H3/b11-10+. The van der Waals surface area contributed by atoms with Crippen molar-refractivity contribution in [3.05, 3.63) is 90.2 Å². The molecule has 4 heteroatoms. The van der Waals surface area contributed by atoms with E-state index in [1.807, 2.05) is 30.3 Å². The van der Waals surface area contributed by atoms with E-state index in [1.165, 1.54) is 6.26 Å². The van der Waals surface area contributed by atoms with Crippen molar-refractivity contribution in [2.24, 2.45) is 0 Å². The molecule has 0 atom stereocenters. The van der Waals surface area contributed by atoms with Crippen LogP contribution in [0.2, 0.25) is 0 Å². The second-order valence-corrected chi connectivity index (χ2v) is 6.65. The van der Waals surface area contributed by atoms with Gasteiger partial charge in [-0.3, -0.25) is 0 Å². The summed E-state index contributed by atoms with van der Waals surface area (Å²) in [6.45, 7) is 14.5. The quantitative estimate of drug-likeness (QED) is 0.264. The Kier molecular flexibility index (Phi) is 5.14. The molecule has 0 fully saturated rings. The molecule has 0 saturated heterocycles. The van der Waals surface area contributed by atoms with E-state index in [9.17, 15) is 9.59 Å². The SMILES string of the molecule is C=C(C)C(=O)O/C=C/c1ccc2c(c1)C(=C)c1cc(OC(=O)C(=C)C)ccc1-2. The first-order valence-corrected chi connectivity index (χ1v) is 8.67. The average molecular weight is 372 g/mol. The highest BCUT2D eigenvalue weighted by molar-refractivity contribution is 6.01. The van der Waals surface area contributed by atoms with E-state index in [0.717, 1.165) is 33.4 Å². The zero-order valence-corrected chi connectivity index (χ0v) is 15.9. The van der Waals surface area contributed by atoms with Crippen LogP contribution < -0.4 is 4.74 Å². The number of rotatable bonds is 5. The molecule has 0 radical (unpaired) electrons. The van der Waals surface area contributed by atoms with Gasteiger partial charge < -0.3 is 9.47 Å². The van der Waals surface area contributed by atoms with Crippen LogP contribution in [0.25, 0.3) is 22.8 Å². The molecule has 1 aliphatic rings. The van der Waals surface area contributed by atoms with Crippen molar-refractivity contribution < 1.29 is 19.1 Å². The Balaban J connectivity index is 1.85. The Hall–Kier alpha value is -3.66. The lowest BCUT2D eigenvalue weighted by Gasteiger charge is -2.06. The van der Waals surface area contributed by atoms with Crippen molar-refractivity contribution in [1.29, 1.82) is 0 Å². The number of fused-ring (bicyclic) bond motifs is 3. The van der Waals surface area contributed by atoms with E-state index in [1.54, 1.807) is 26.0 Å².